The first-order chi connectivity index (χ1) is 6.09. The van der Waals surface area contributed by atoms with Gasteiger partial charge in [0.1, 0.15) is 5.78 Å². The number of fused-ring (bicyclic) bond motifs is 2. The highest BCUT2D eigenvalue weighted by molar-refractivity contribution is 5.91. The van der Waals surface area contributed by atoms with E-state index in [0.29, 0.717) is 11.7 Å². The quantitative estimate of drug-likeness (QED) is 0.597. The third-order valence-electron chi connectivity index (χ3n) is 3.32. The largest absolute Gasteiger partial charge is 0.349 e. The van der Waals surface area contributed by atoms with Crippen molar-refractivity contribution in [1.29, 1.82) is 0 Å². The van der Waals surface area contributed by atoms with Gasteiger partial charge in [0.25, 0.3) is 0 Å². The van der Waals surface area contributed by atoms with Crippen LogP contribution in [-0.4, -0.2) is 30.7 Å². The molecule has 13 heavy (non-hydrogen) atoms. The van der Waals surface area contributed by atoms with Gasteiger partial charge in [-0.2, -0.15) is 0 Å². The second-order valence-electron chi connectivity index (χ2n) is 4.45. The highest BCUT2D eigenvalue weighted by Gasteiger charge is 2.48. The third kappa shape index (κ3) is 1.26. The molecule has 2 saturated carbocycles. The topological polar surface area (TPSA) is 37.4 Å². The van der Waals surface area contributed by atoms with Gasteiger partial charge in [0.2, 0.25) is 5.91 Å². The first-order valence-corrected chi connectivity index (χ1v) is 4.83. The lowest BCUT2D eigenvalue weighted by Gasteiger charge is -2.23. The molecule has 0 heterocycles. The highest BCUT2D eigenvalue weighted by atomic mass is 16.2. The van der Waals surface area contributed by atoms with E-state index in [0.717, 1.165) is 19.3 Å². The van der Waals surface area contributed by atoms with Crippen molar-refractivity contribution in [3.05, 3.63) is 0 Å². The predicted molar refractivity (Wildman–Crippen MR) is 48.0 cm³/mol. The summed E-state index contributed by atoms with van der Waals surface area (Å²) in [6, 6.07) is 0. The van der Waals surface area contributed by atoms with Crippen molar-refractivity contribution in [1.82, 2.24) is 4.90 Å². The molecule has 3 atom stereocenters. The number of carbonyl (C=O) groups is 2. The van der Waals surface area contributed by atoms with Crippen LogP contribution in [0.25, 0.3) is 0 Å². The van der Waals surface area contributed by atoms with Crippen LogP contribution < -0.4 is 0 Å². The van der Waals surface area contributed by atoms with Crippen molar-refractivity contribution in [3.63, 3.8) is 0 Å². The molecule has 3 nitrogen and oxygen atoms in total. The van der Waals surface area contributed by atoms with Gasteiger partial charge < -0.3 is 4.90 Å². The molecule has 0 saturated heterocycles. The van der Waals surface area contributed by atoms with Crippen LogP contribution in [0.5, 0.6) is 0 Å². The van der Waals surface area contributed by atoms with Crippen LogP contribution in [0.1, 0.15) is 19.3 Å². The van der Waals surface area contributed by atoms with E-state index in [-0.39, 0.29) is 17.7 Å². The van der Waals surface area contributed by atoms with E-state index in [1.807, 2.05) is 0 Å². The molecule has 2 fully saturated rings. The summed E-state index contributed by atoms with van der Waals surface area (Å²) in [6.45, 7) is 0. The van der Waals surface area contributed by atoms with E-state index in [1.165, 1.54) is 0 Å². The molecule has 2 aliphatic rings. The molecule has 0 unspecified atom stereocenters. The number of ketones is 1. The summed E-state index contributed by atoms with van der Waals surface area (Å²) in [4.78, 5) is 24.7. The van der Waals surface area contributed by atoms with Gasteiger partial charge in [-0.3, -0.25) is 9.59 Å². The Morgan fingerprint density at radius 2 is 2.08 bits per heavy atom. The number of nitrogens with zero attached hydrogens (tertiary/aromatic N) is 1. The van der Waals surface area contributed by atoms with Crippen molar-refractivity contribution in [2.24, 2.45) is 17.8 Å². The Bertz CT molecular complexity index is 260. The number of hydrogen-bond donors (Lipinski definition) is 0. The van der Waals surface area contributed by atoms with Gasteiger partial charge in [-0.1, -0.05) is 0 Å². The highest BCUT2D eigenvalue weighted by Crippen LogP contribution is 2.46. The third-order valence-corrected chi connectivity index (χ3v) is 3.32. The Labute approximate surface area is 78.1 Å². The summed E-state index contributed by atoms with van der Waals surface area (Å²) in [5.74, 6) is 1.02. The maximum Gasteiger partial charge on any atom is 0.225 e. The minimum absolute atomic E-state index is 0.00116. The van der Waals surface area contributed by atoms with Gasteiger partial charge >= 0.3 is 0 Å². The number of amides is 1. The average molecular weight is 181 g/mol. The molecule has 72 valence electrons. The number of Topliss-reactive ketones (excluding diaryl/α,β-unsaturated/α-hetero) is 1. The summed E-state index contributed by atoms with van der Waals surface area (Å²) < 4.78 is 0. The normalized spacial score (nSPS) is 36.8. The Hall–Kier alpha value is -0.860. The number of rotatable bonds is 1. The van der Waals surface area contributed by atoms with Crippen LogP contribution in [0.4, 0.5) is 0 Å². The van der Waals surface area contributed by atoms with E-state index in [1.54, 1.807) is 19.0 Å². The lowest BCUT2D eigenvalue weighted by atomic mass is 9.87. The first-order valence-electron chi connectivity index (χ1n) is 4.83. The summed E-state index contributed by atoms with van der Waals surface area (Å²) in [6.07, 6.45) is 2.62. The van der Waals surface area contributed by atoms with Gasteiger partial charge in [0.15, 0.2) is 0 Å². The first kappa shape index (κ1) is 8.73. The van der Waals surface area contributed by atoms with E-state index in [4.69, 9.17) is 0 Å². The fourth-order valence-electron chi connectivity index (χ4n) is 2.71. The van der Waals surface area contributed by atoms with Crippen molar-refractivity contribution in [2.45, 2.75) is 19.3 Å². The second-order valence-corrected chi connectivity index (χ2v) is 4.45. The molecule has 0 aromatic heterocycles. The summed E-state index contributed by atoms with van der Waals surface area (Å²) in [5.41, 5.74) is 0. The predicted octanol–water partition coefficient (Wildman–Crippen LogP) is 0.690. The summed E-state index contributed by atoms with van der Waals surface area (Å²) in [7, 11) is 3.53. The van der Waals surface area contributed by atoms with Crippen LogP contribution in [0, 0.1) is 17.8 Å². The molecule has 0 radical (unpaired) electrons. The Morgan fingerprint density at radius 1 is 1.38 bits per heavy atom. The Balaban J connectivity index is 2.11. The minimum Gasteiger partial charge on any atom is -0.349 e. The zero-order valence-electron chi connectivity index (χ0n) is 8.12. The maximum atomic E-state index is 11.7. The Morgan fingerprint density at radius 3 is 2.54 bits per heavy atom. The minimum atomic E-state index is 0.00116. The molecular formula is C10H15NO2. The molecule has 3 heteroatoms. The van der Waals surface area contributed by atoms with Gasteiger partial charge in [-0.05, 0) is 18.8 Å². The van der Waals surface area contributed by atoms with Gasteiger partial charge in [-0.15, -0.1) is 0 Å². The zero-order valence-corrected chi connectivity index (χ0v) is 8.12. The maximum absolute atomic E-state index is 11.7. The van der Waals surface area contributed by atoms with E-state index >= 15 is 0 Å². The van der Waals surface area contributed by atoms with Crippen LogP contribution in [0.3, 0.4) is 0 Å². The molecule has 2 bridgehead atoms. The van der Waals surface area contributed by atoms with Crippen LogP contribution in [0.15, 0.2) is 0 Å². The molecular weight excluding hydrogens is 166 g/mol. The fraction of sp³-hybridized carbons (Fsp3) is 0.800. The van der Waals surface area contributed by atoms with Crippen molar-refractivity contribution in [2.75, 3.05) is 14.1 Å². The van der Waals surface area contributed by atoms with E-state index in [2.05, 4.69) is 0 Å². The summed E-state index contributed by atoms with van der Waals surface area (Å²) >= 11 is 0. The van der Waals surface area contributed by atoms with E-state index in [9.17, 15) is 9.59 Å². The summed E-state index contributed by atoms with van der Waals surface area (Å²) in [5, 5.41) is 0. The smallest absolute Gasteiger partial charge is 0.225 e. The molecule has 0 aromatic carbocycles. The molecule has 2 rings (SSSR count). The Kier molecular flexibility index (Phi) is 1.90. The average Bonchev–Trinajstić information content (AvgIpc) is 2.60. The van der Waals surface area contributed by atoms with E-state index < -0.39 is 0 Å². The van der Waals surface area contributed by atoms with Crippen molar-refractivity contribution < 1.29 is 9.59 Å². The molecule has 0 aromatic rings. The second kappa shape index (κ2) is 2.82. The molecule has 2 aliphatic carbocycles. The standard InChI is InChI=1S/C10H15NO2/c1-11(2)10(13)8-4-6-3-7(8)9(12)5-6/h6-8H,3-5H2,1-2H3/t6-,7-,8+/m1/s1. The molecule has 0 spiro atoms. The fourth-order valence-corrected chi connectivity index (χ4v) is 2.71. The lowest BCUT2D eigenvalue weighted by Crippen LogP contribution is -2.35. The van der Waals surface area contributed by atoms with Crippen LogP contribution in [0.2, 0.25) is 0 Å². The van der Waals surface area contributed by atoms with Gasteiger partial charge in [0.05, 0.1) is 0 Å². The number of carbonyl (C=O) groups excluding carboxylic acids is 2. The number of hydrogen-bond acceptors (Lipinski definition) is 2. The van der Waals surface area contributed by atoms with Gasteiger partial charge in [-0.25, -0.2) is 0 Å². The van der Waals surface area contributed by atoms with Crippen molar-refractivity contribution >= 4 is 11.7 Å². The van der Waals surface area contributed by atoms with Crippen LogP contribution in [-0.2, 0) is 9.59 Å². The monoisotopic (exact) mass is 181 g/mol. The van der Waals surface area contributed by atoms with Crippen molar-refractivity contribution in [3.8, 4) is 0 Å². The lowest BCUT2D eigenvalue weighted by molar-refractivity contribution is -0.138. The molecule has 1 amide bonds. The molecule has 0 N–H and O–H groups in total. The van der Waals surface area contributed by atoms with Crippen LogP contribution >= 0.6 is 0 Å². The zero-order chi connectivity index (χ0) is 9.59. The SMILES string of the molecule is CN(C)C(=O)[C@H]1C[C@@H]2CC(=O)[C@@H]1C2. The molecule has 0 aliphatic heterocycles. The van der Waals surface area contributed by atoms with Gasteiger partial charge in [0, 0.05) is 32.4 Å².